The van der Waals surface area contributed by atoms with Crippen molar-refractivity contribution in [3.05, 3.63) is 64.1 Å². The van der Waals surface area contributed by atoms with Gasteiger partial charge in [-0.3, -0.25) is 0 Å². The second-order valence-corrected chi connectivity index (χ2v) is 4.87. The molecule has 3 nitrogen and oxygen atoms in total. The molecule has 0 aliphatic carbocycles. The Bertz CT molecular complexity index is 552. The molecule has 0 radical (unpaired) electrons. The number of rotatable bonds is 5. The highest BCUT2D eigenvalue weighted by Gasteiger charge is 1.99. The molecule has 98 valence electrons. The van der Waals surface area contributed by atoms with Crippen LogP contribution in [0.1, 0.15) is 11.1 Å². The van der Waals surface area contributed by atoms with Crippen molar-refractivity contribution in [3.8, 4) is 5.75 Å². The number of para-hydroxylation sites is 1. The Balaban J connectivity index is 1.91. The molecule has 0 heterocycles. The van der Waals surface area contributed by atoms with Crippen molar-refractivity contribution in [2.45, 2.75) is 6.54 Å². The first kappa shape index (κ1) is 13.6. The number of methoxy groups -OCH3 is 1. The highest BCUT2D eigenvalue weighted by Crippen LogP contribution is 2.16. The summed E-state index contributed by atoms with van der Waals surface area (Å²) in [6.07, 6.45) is 1.79. The van der Waals surface area contributed by atoms with Gasteiger partial charge in [-0.2, -0.15) is 5.10 Å². The second-order valence-electron chi connectivity index (χ2n) is 3.96. The lowest BCUT2D eigenvalue weighted by Crippen LogP contribution is -2.06. The van der Waals surface area contributed by atoms with E-state index in [1.807, 2.05) is 48.5 Å². The average Bonchev–Trinajstić information content (AvgIpc) is 2.46. The van der Waals surface area contributed by atoms with Crippen LogP contribution in [0.2, 0.25) is 0 Å². The quantitative estimate of drug-likeness (QED) is 0.675. The van der Waals surface area contributed by atoms with Crippen molar-refractivity contribution in [2.24, 2.45) is 5.10 Å². The minimum Gasteiger partial charge on any atom is -0.496 e. The van der Waals surface area contributed by atoms with E-state index >= 15 is 0 Å². The summed E-state index contributed by atoms with van der Waals surface area (Å²) in [5, 5.41) is 4.20. The van der Waals surface area contributed by atoms with Crippen molar-refractivity contribution in [3.63, 3.8) is 0 Å². The van der Waals surface area contributed by atoms with Gasteiger partial charge in [0.15, 0.2) is 0 Å². The van der Waals surface area contributed by atoms with Crippen LogP contribution in [0.4, 0.5) is 0 Å². The minimum atomic E-state index is 0.636. The molecule has 0 aliphatic heterocycles. The number of halogens is 1. The summed E-state index contributed by atoms with van der Waals surface area (Å²) >= 11 is 3.40. The lowest BCUT2D eigenvalue weighted by molar-refractivity contribution is 0.408. The van der Waals surface area contributed by atoms with Gasteiger partial charge in [-0.15, -0.1) is 0 Å². The molecule has 0 saturated carbocycles. The number of hydrogen-bond donors (Lipinski definition) is 1. The zero-order valence-corrected chi connectivity index (χ0v) is 12.2. The Kier molecular flexibility index (Phi) is 4.98. The van der Waals surface area contributed by atoms with Gasteiger partial charge < -0.3 is 10.2 Å². The molecule has 2 aromatic rings. The third-order valence-corrected chi connectivity index (χ3v) is 3.17. The number of ether oxygens (including phenoxy) is 1. The standard InChI is InChI=1S/C15H15BrN2O/c1-19-15-5-3-2-4-13(15)11-18-17-10-12-6-8-14(16)9-7-12/h2-10,18H,11H2,1H3/b17-10+. The van der Waals surface area contributed by atoms with Crippen LogP contribution < -0.4 is 10.2 Å². The Labute approximate surface area is 121 Å². The van der Waals surface area contributed by atoms with Crippen molar-refractivity contribution < 1.29 is 4.74 Å². The fraction of sp³-hybridized carbons (Fsp3) is 0.133. The van der Waals surface area contributed by atoms with Crippen molar-refractivity contribution in [1.82, 2.24) is 5.43 Å². The van der Waals surface area contributed by atoms with E-state index in [1.165, 1.54) is 0 Å². The number of nitrogens with one attached hydrogen (secondary N) is 1. The molecule has 0 fully saturated rings. The Morgan fingerprint density at radius 3 is 2.63 bits per heavy atom. The van der Waals surface area contributed by atoms with Crippen molar-refractivity contribution >= 4 is 22.1 Å². The molecule has 0 atom stereocenters. The number of hydrazone groups is 1. The van der Waals surface area contributed by atoms with Gasteiger partial charge in [0.05, 0.1) is 19.9 Å². The molecular formula is C15H15BrN2O. The van der Waals surface area contributed by atoms with Gasteiger partial charge in [0.2, 0.25) is 0 Å². The summed E-state index contributed by atoms with van der Waals surface area (Å²) < 4.78 is 6.34. The Morgan fingerprint density at radius 2 is 1.89 bits per heavy atom. The van der Waals surface area contributed by atoms with Crippen molar-refractivity contribution in [2.75, 3.05) is 7.11 Å². The third-order valence-electron chi connectivity index (χ3n) is 2.64. The first-order chi connectivity index (χ1) is 9.29. The maximum absolute atomic E-state index is 5.28. The second kappa shape index (κ2) is 6.95. The normalized spacial score (nSPS) is 10.6. The Hall–Kier alpha value is -1.81. The molecule has 0 bridgehead atoms. The monoisotopic (exact) mass is 318 g/mol. The molecule has 4 heteroatoms. The summed E-state index contributed by atoms with van der Waals surface area (Å²) in [7, 11) is 1.67. The van der Waals surface area contributed by atoms with E-state index in [0.717, 1.165) is 21.3 Å². The summed E-state index contributed by atoms with van der Waals surface area (Å²) in [6, 6.07) is 15.9. The lowest BCUT2D eigenvalue weighted by atomic mass is 10.2. The van der Waals surface area contributed by atoms with E-state index in [1.54, 1.807) is 13.3 Å². The molecule has 19 heavy (non-hydrogen) atoms. The van der Waals surface area contributed by atoms with Gasteiger partial charge in [0.25, 0.3) is 0 Å². The van der Waals surface area contributed by atoms with Crippen LogP contribution in [0.3, 0.4) is 0 Å². The van der Waals surface area contributed by atoms with Crippen LogP contribution in [0, 0.1) is 0 Å². The van der Waals surface area contributed by atoms with E-state index < -0.39 is 0 Å². The average molecular weight is 319 g/mol. The van der Waals surface area contributed by atoms with Crippen LogP contribution in [0.25, 0.3) is 0 Å². The maximum atomic E-state index is 5.28. The van der Waals surface area contributed by atoms with Crippen molar-refractivity contribution in [1.29, 1.82) is 0 Å². The van der Waals surface area contributed by atoms with Crippen LogP contribution in [-0.2, 0) is 6.54 Å². The van der Waals surface area contributed by atoms with E-state index in [2.05, 4.69) is 26.5 Å². The number of benzene rings is 2. The first-order valence-corrected chi connectivity index (χ1v) is 6.72. The van der Waals surface area contributed by atoms with E-state index in [0.29, 0.717) is 6.54 Å². The predicted molar refractivity (Wildman–Crippen MR) is 81.6 cm³/mol. The van der Waals surface area contributed by atoms with Gasteiger partial charge in [-0.25, -0.2) is 0 Å². The fourth-order valence-electron chi connectivity index (χ4n) is 1.65. The Morgan fingerprint density at radius 1 is 1.16 bits per heavy atom. The summed E-state index contributed by atoms with van der Waals surface area (Å²) in [6.45, 7) is 0.636. The topological polar surface area (TPSA) is 33.6 Å². The molecule has 0 aromatic heterocycles. The summed E-state index contributed by atoms with van der Waals surface area (Å²) in [5.41, 5.74) is 5.15. The molecule has 2 rings (SSSR count). The molecule has 2 aromatic carbocycles. The lowest BCUT2D eigenvalue weighted by Gasteiger charge is -2.07. The van der Waals surface area contributed by atoms with E-state index in [4.69, 9.17) is 4.74 Å². The largest absolute Gasteiger partial charge is 0.496 e. The fourth-order valence-corrected chi connectivity index (χ4v) is 1.91. The number of hydrogen-bond acceptors (Lipinski definition) is 3. The van der Waals surface area contributed by atoms with Crippen LogP contribution >= 0.6 is 15.9 Å². The van der Waals surface area contributed by atoms with Crippen LogP contribution in [-0.4, -0.2) is 13.3 Å². The van der Waals surface area contributed by atoms with E-state index in [-0.39, 0.29) is 0 Å². The highest BCUT2D eigenvalue weighted by molar-refractivity contribution is 9.10. The van der Waals surface area contributed by atoms with Crippen LogP contribution in [0.5, 0.6) is 5.75 Å². The molecular weight excluding hydrogens is 304 g/mol. The smallest absolute Gasteiger partial charge is 0.123 e. The minimum absolute atomic E-state index is 0.636. The molecule has 0 spiro atoms. The van der Waals surface area contributed by atoms with Gasteiger partial charge in [-0.1, -0.05) is 46.3 Å². The maximum Gasteiger partial charge on any atom is 0.123 e. The third kappa shape index (κ3) is 4.10. The molecule has 0 saturated heterocycles. The molecule has 0 amide bonds. The van der Waals surface area contributed by atoms with E-state index in [9.17, 15) is 0 Å². The SMILES string of the molecule is COc1ccccc1CN/N=C/c1ccc(Br)cc1. The highest BCUT2D eigenvalue weighted by atomic mass is 79.9. The molecule has 0 aliphatic rings. The van der Waals surface area contributed by atoms with Gasteiger partial charge in [-0.05, 0) is 23.8 Å². The first-order valence-electron chi connectivity index (χ1n) is 5.93. The predicted octanol–water partition coefficient (Wildman–Crippen LogP) is 3.58. The van der Waals surface area contributed by atoms with Crippen LogP contribution in [0.15, 0.2) is 58.1 Å². The number of nitrogens with zero attached hydrogens (tertiary/aromatic N) is 1. The summed E-state index contributed by atoms with van der Waals surface area (Å²) in [5.74, 6) is 0.869. The molecule has 0 unspecified atom stereocenters. The van der Waals surface area contributed by atoms with Gasteiger partial charge in [0, 0.05) is 10.0 Å². The molecule has 1 N–H and O–H groups in total. The van der Waals surface area contributed by atoms with Gasteiger partial charge >= 0.3 is 0 Å². The zero-order chi connectivity index (χ0) is 13.5. The zero-order valence-electron chi connectivity index (χ0n) is 10.6. The summed E-state index contributed by atoms with van der Waals surface area (Å²) in [4.78, 5) is 0. The van der Waals surface area contributed by atoms with Gasteiger partial charge in [0.1, 0.15) is 5.75 Å².